The minimum Gasteiger partial charge on any atom is -0.381 e. The van der Waals surface area contributed by atoms with E-state index in [4.69, 9.17) is 9.47 Å². The third-order valence-electron chi connectivity index (χ3n) is 4.20. The Morgan fingerprint density at radius 2 is 2.00 bits per heavy atom. The first-order valence-electron chi connectivity index (χ1n) is 7.63. The third kappa shape index (κ3) is 3.46. The molecule has 2 aliphatic heterocycles. The van der Waals surface area contributed by atoms with Crippen LogP contribution in [0.15, 0.2) is 24.5 Å². The van der Waals surface area contributed by atoms with E-state index < -0.39 is 0 Å². The van der Waals surface area contributed by atoms with Crippen molar-refractivity contribution in [1.29, 1.82) is 0 Å². The summed E-state index contributed by atoms with van der Waals surface area (Å²) in [7, 11) is 0. The van der Waals surface area contributed by atoms with E-state index in [0.29, 0.717) is 11.8 Å². The molecule has 110 valence electrons. The van der Waals surface area contributed by atoms with E-state index in [9.17, 15) is 0 Å². The molecule has 3 atom stereocenters. The molecule has 3 unspecified atom stereocenters. The molecule has 0 aliphatic carbocycles. The zero-order valence-electron chi connectivity index (χ0n) is 11.9. The van der Waals surface area contributed by atoms with Crippen LogP contribution in [0.25, 0.3) is 0 Å². The molecule has 3 rings (SSSR count). The standard InChI is InChI=1S/C15H23N3O2/c1-3-13(11-19-9-1)5-6-15(18-8-7-16-17-18)14-4-2-10-20-12-14/h5-8,13-15H,1-4,9-12H2/b6-5+. The Balaban J connectivity index is 1.69. The molecule has 3 heterocycles. The van der Waals surface area contributed by atoms with Crippen molar-refractivity contribution in [3.8, 4) is 0 Å². The van der Waals surface area contributed by atoms with Crippen molar-refractivity contribution in [3.05, 3.63) is 24.5 Å². The van der Waals surface area contributed by atoms with Gasteiger partial charge in [-0.3, -0.25) is 0 Å². The number of hydrogen-bond donors (Lipinski definition) is 0. The molecule has 5 heteroatoms. The number of aromatic nitrogens is 3. The second-order valence-corrected chi connectivity index (χ2v) is 5.71. The van der Waals surface area contributed by atoms with Gasteiger partial charge in [-0.2, -0.15) is 0 Å². The molecule has 2 aliphatic rings. The van der Waals surface area contributed by atoms with Crippen LogP contribution in [0.3, 0.4) is 0 Å². The van der Waals surface area contributed by atoms with Crippen molar-refractivity contribution in [1.82, 2.24) is 15.0 Å². The largest absolute Gasteiger partial charge is 0.381 e. The average molecular weight is 277 g/mol. The first-order valence-corrected chi connectivity index (χ1v) is 7.63. The lowest BCUT2D eigenvalue weighted by molar-refractivity contribution is 0.0384. The maximum absolute atomic E-state index is 5.63. The molecule has 0 saturated carbocycles. The van der Waals surface area contributed by atoms with Gasteiger partial charge in [0.2, 0.25) is 0 Å². The smallest absolute Gasteiger partial charge is 0.0767 e. The van der Waals surface area contributed by atoms with Crippen molar-refractivity contribution >= 4 is 0 Å². The molecule has 5 nitrogen and oxygen atoms in total. The summed E-state index contributed by atoms with van der Waals surface area (Å²) < 4.78 is 13.1. The van der Waals surface area contributed by atoms with Gasteiger partial charge in [-0.1, -0.05) is 17.4 Å². The van der Waals surface area contributed by atoms with Gasteiger partial charge in [-0.05, 0) is 25.7 Å². The lowest BCUT2D eigenvalue weighted by atomic mass is 9.92. The summed E-state index contributed by atoms with van der Waals surface area (Å²) in [6.07, 6.45) is 13.0. The second-order valence-electron chi connectivity index (χ2n) is 5.71. The first kappa shape index (κ1) is 13.8. The number of hydrogen-bond acceptors (Lipinski definition) is 4. The molecular formula is C15H23N3O2. The molecule has 0 amide bonds. The van der Waals surface area contributed by atoms with E-state index in [1.54, 1.807) is 6.20 Å². The van der Waals surface area contributed by atoms with Gasteiger partial charge in [0.15, 0.2) is 0 Å². The molecule has 1 aromatic heterocycles. The molecule has 0 aromatic carbocycles. The van der Waals surface area contributed by atoms with Gasteiger partial charge in [0.05, 0.1) is 25.5 Å². The van der Waals surface area contributed by atoms with E-state index in [2.05, 4.69) is 22.5 Å². The third-order valence-corrected chi connectivity index (χ3v) is 4.20. The fourth-order valence-corrected chi connectivity index (χ4v) is 3.06. The lowest BCUT2D eigenvalue weighted by Crippen LogP contribution is -2.27. The van der Waals surface area contributed by atoms with E-state index in [-0.39, 0.29) is 6.04 Å². The van der Waals surface area contributed by atoms with E-state index in [1.165, 1.54) is 12.8 Å². The summed E-state index contributed by atoms with van der Waals surface area (Å²) in [5.74, 6) is 1.03. The molecule has 2 saturated heterocycles. The van der Waals surface area contributed by atoms with Crippen LogP contribution < -0.4 is 0 Å². The van der Waals surface area contributed by atoms with Crippen molar-refractivity contribution in [2.24, 2.45) is 11.8 Å². The molecular weight excluding hydrogens is 254 g/mol. The summed E-state index contributed by atoms with van der Waals surface area (Å²) in [5.41, 5.74) is 0. The molecule has 1 aromatic rings. The minimum atomic E-state index is 0.250. The predicted octanol–water partition coefficient (Wildman–Crippen LogP) is 2.23. The number of ether oxygens (including phenoxy) is 2. The summed E-state index contributed by atoms with van der Waals surface area (Å²) >= 11 is 0. The monoisotopic (exact) mass is 277 g/mol. The van der Waals surface area contributed by atoms with Crippen LogP contribution in [0.4, 0.5) is 0 Å². The highest BCUT2D eigenvalue weighted by molar-refractivity contribution is 4.99. The Kier molecular flexibility index (Phi) is 4.82. The van der Waals surface area contributed by atoms with Gasteiger partial charge in [-0.15, -0.1) is 5.10 Å². The highest BCUT2D eigenvalue weighted by atomic mass is 16.5. The van der Waals surface area contributed by atoms with Gasteiger partial charge >= 0.3 is 0 Å². The molecule has 20 heavy (non-hydrogen) atoms. The van der Waals surface area contributed by atoms with Crippen molar-refractivity contribution in [3.63, 3.8) is 0 Å². The number of allylic oxidation sites excluding steroid dienone is 1. The fourth-order valence-electron chi connectivity index (χ4n) is 3.06. The van der Waals surface area contributed by atoms with Crippen molar-refractivity contribution in [2.75, 3.05) is 26.4 Å². The molecule has 0 bridgehead atoms. The van der Waals surface area contributed by atoms with Gasteiger partial charge in [-0.25, -0.2) is 4.68 Å². The van der Waals surface area contributed by atoms with Crippen LogP contribution in [0, 0.1) is 11.8 Å². The molecule has 0 radical (unpaired) electrons. The highest BCUT2D eigenvalue weighted by Gasteiger charge is 2.24. The summed E-state index contributed by atoms with van der Waals surface area (Å²) in [6, 6.07) is 0.250. The van der Waals surface area contributed by atoms with Crippen LogP contribution in [0.1, 0.15) is 31.7 Å². The lowest BCUT2D eigenvalue weighted by Gasteiger charge is -2.28. The SMILES string of the molecule is C(=C\C(C1CCCOC1)n1ccnn1)/C1CCCOC1. The average Bonchev–Trinajstić information content (AvgIpc) is 3.04. The normalized spacial score (nSPS) is 29.6. The zero-order valence-corrected chi connectivity index (χ0v) is 11.9. The van der Waals surface area contributed by atoms with Gasteiger partial charge in [0.1, 0.15) is 0 Å². The maximum Gasteiger partial charge on any atom is 0.0767 e. The van der Waals surface area contributed by atoms with Crippen LogP contribution in [0.2, 0.25) is 0 Å². The summed E-state index contributed by atoms with van der Waals surface area (Å²) in [5, 5.41) is 8.13. The zero-order chi connectivity index (χ0) is 13.6. The Morgan fingerprint density at radius 3 is 2.65 bits per heavy atom. The van der Waals surface area contributed by atoms with Crippen LogP contribution in [-0.4, -0.2) is 41.4 Å². The molecule has 2 fully saturated rings. The van der Waals surface area contributed by atoms with Crippen molar-refractivity contribution in [2.45, 2.75) is 31.7 Å². The number of rotatable bonds is 4. The Bertz CT molecular complexity index is 407. The quantitative estimate of drug-likeness (QED) is 0.792. The molecule has 0 N–H and O–H groups in total. The summed E-state index contributed by atoms with van der Waals surface area (Å²) in [6.45, 7) is 3.46. The van der Waals surface area contributed by atoms with Crippen LogP contribution >= 0.6 is 0 Å². The first-order chi connectivity index (χ1) is 9.93. The van der Waals surface area contributed by atoms with E-state index in [1.807, 2.05) is 10.9 Å². The Labute approximate surface area is 119 Å². The van der Waals surface area contributed by atoms with Gasteiger partial charge < -0.3 is 9.47 Å². The Hall–Kier alpha value is -1.20. The van der Waals surface area contributed by atoms with Gasteiger partial charge in [0, 0.05) is 31.2 Å². The highest BCUT2D eigenvalue weighted by Crippen LogP contribution is 2.28. The molecule has 0 spiro atoms. The number of nitrogens with zero attached hydrogens (tertiary/aromatic N) is 3. The van der Waals surface area contributed by atoms with Crippen LogP contribution in [-0.2, 0) is 9.47 Å². The van der Waals surface area contributed by atoms with Gasteiger partial charge in [0.25, 0.3) is 0 Å². The maximum atomic E-state index is 5.63. The van der Waals surface area contributed by atoms with Crippen LogP contribution in [0.5, 0.6) is 0 Å². The minimum absolute atomic E-state index is 0.250. The Morgan fingerprint density at radius 1 is 1.15 bits per heavy atom. The van der Waals surface area contributed by atoms with E-state index >= 15 is 0 Å². The second kappa shape index (κ2) is 6.99. The topological polar surface area (TPSA) is 49.2 Å². The van der Waals surface area contributed by atoms with Crippen molar-refractivity contribution < 1.29 is 9.47 Å². The predicted molar refractivity (Wildman–Crippen MR) is 75.3 cm³/mol. The fraction of sp³-hybridized carbons (Fsp3) is 0.733. The van der Waals surface area contributed by atoms with E-state index in [0.717, 1.165) is 39.3 Å². The summed E-state index contributed by atoms with van der Waals surface area (Å²) in [4.78, 5) is 0.